The second-order valence-corrected chi connectivity index (χ2v) is 6.46. The normalized spacial score (nSPS) is 16.2. The summed E-state index contributed by atoms with van der Waals surface area (Å²) in [5.41, 5.74) is 0. The van der Waals surface area contributed by atoms with E-state index in [9.17, 15) is 14.7 Å². The van der Waals surface area contributed by atoms with E-state index in [4.69, 9.17) is 9.47 Å². The number of carbonyl (C=O) groups excluding carboxylic acids is 1. The largest absolute Gasteiger partial charge is 0.483 e. The van der Waals surface area contributed by atoms with Gasteiger partial charge in [0.25, 0.3) is 5.91 Å². The van der Waals surface area contributed by atoms with Crippen molar-refractivity contribution in [3.63, 3.8) is 0 Å². The Bertz CT molecular complexity index is 764. The first-order valence-corrected chi connectivity index (χ1v) is 8.83. The first-order chi connectivity index (χ1) is 12.6. The molecule has 0 aromatic heterocycles. The third-order valence-electron chi connectivity index (χ3n) is 4.78. The Balaban J connectivity index is 1.54. The summed E-state index contributed by atoms with van der Waals surface area (Å²) in [6.45, 7) is 1.12. The topological polar surface area (TPSA) is 84.9 Å². The summed E-state index contributed by atoms with van der Waals surface area (Å²) in [5, 5.41) is 14.1. The van der Waals surface area contributed by atoms with Gasteiger partial charge in [0, 0.05) is 25.1 Å². The van der Waals surface area contributed by atoms with E-state index < -0.39 is 11.9 Å². The fourth-order valence-corrected chi connectivity index (χ4v) is 3.31. The molecule has 0 spiro atoms. The van der Waals surface area contributed by atoms with Gasteiger partial charge in [-0.3, -0.25) is 9.59 Å². The third kappa shape index (κ3) is 4.52. The summed E-state index contributed by atoms with van der Waals surface area (Å²) in [6.07, 6.45) is 1.42. The van der Waals surface area contributed by atoms with E-state index in [1.807, 2.05) is 42.5 Å². The lowest BCUT2D eigenvalue weighted by Crippen LogP contribution is -2.40. The molecular weight excluding hydrogens is 334 g/mol. The Labute approximate surface area is 152 Å². The lowest BCUT2D eigenvalue weighted by atomic mass is 9.86. The molecule has 6 nitrogen and oxygen atoms in total. The SMILES string of the molecule is O=C(COc1cccc2ccccc12)NCC(C(=O)O)C1CCOCC1. The fraction of sp³-hybridized carbons (Fsp3) is 0.400. The zero-order valence-corrected chi connectivity index (χ0v) is 14.5. The van der Waals surface area contributed by atoms with Gasteiger partial charge in [0.1, 0.15) is 5.75 Å². The average Bonchev–Trinajstić information content (AvgIpc) is 2.67. The van der Waals surface area contributed by atoms with Crippen molar-refractivity contribution in [1.29, 1.82) is 0 Å². The molecule has 2 aromatic carbocycles. The molecule has 0 aliphatic carbocycles. The zero-order chi connectivity index (χ0) is 18.4. The van der Waals surface area contributed by atoms with E-state index in [1.165, 1.54) is 0 Å². The number of carboxylic acids is 1. The van der Waals surface area contributed by atoms with Crippen LogP contribution < -0.4 is 10.1 Å². The van der Waals surface area contributed by atoms with E-state index in [1.54, 1.807) is 0 Å². The summed E-state index contributed by atoms with van der Waals surface area (Å²) in [7, 11) is 0. The van der Waals surface area contributed by atoms with Crippen molar-refractivity contribution in [3.05, 3.63) is 42.5 Å². The number of hydrogen-bond donors (Lipinski definition) is 2. The highest BCUT2D eigenvalue weighted by Gasteiger charge is 2.30. The molecule has 2 aromatic rings. The van der Waals surface area contributed by atoms with Gasteiger partial charge in [0.15, 0.2) is 6.61 Å². The van der Waals surface area contributed by atoms with E-state index in [2.05, 4.69) is 5.32 Å². The van der Waals surface area contributed by atoms with Crippen LogP contribution in [0.25, 0.3) is 10.8 Å². The number of benzene rings is 2. The van der Waals surface area contributed by atoms with Crippen LogP contribution >= 0.6 is 0 Å². The van der Waals surface area contributed by atoms with E-state index >= 15 is 0 Å². The van der Waals surface area contributed by atoms with Crippen molar-refractivity contribution in [3.8, 4) is 5.75 Å². The number of aliphatic carboxylic acids is 1. The number of nitrogens with one attached hydrogen (secondary N) is 1. The molecule has 138 valence electrons. The Morgan fingerprint density at radius 3 is 2.65 bits per heavy atom. The molecule has 2 N–H and O–H groups in total. The molecule has 1 atom stereocenters. The van der Waals surface area contributed by atoms with Crippen LogP contribution in [0, 0.1) is 11.8 Å². The number of amides is 1. The highest BCUT2D eigenvalue weighted by Crippen LogP contribution is 2.25. The standard InChI is InChI=1S/C20H23NO5/c22-19(21-12-17(20(23)24)15-8-10-25-11-9-15)13-26-18-7-3-5-14-4-1-2-6-16(14)18/h1-7,15,17H,8-13H2,(H,21,22)(H,23,24). The zero-order valence-electron chi connectivity index (χ0n) is 14.5. The smallest absolute Gasteiger partial charge is 0.308 e. The summed E-state index contributed by atoms with van der Waals surface area (Å²) in [4.78, 5) is 23.6. The van der Waals surface area contributed by atoms with E-state index in [0.717, 1.165) is 10.8 Å². The quantitative estimate of drug-likeness (QED) is 0.795. The molecule has 0 bridgehead atoms. The number of rotatable bonds is 7. The van der Waals surface area contributed by atoms with Crippen LogP contribution in [0.5, 0.6) is 5.75 Å². The van der Waals surface area contributed by atoms with Crippen LogP contribution in [-0.2, 0) is 14.3 Å². The third-order valence-corrected chi connectivity index (χ3v) is 4.78. The molecule has 0 saturated carbocycles. The van der Waals surface area contributed by atoms with Gasteiger partial charge in [-0.1, -0.05) is 36.4 Å². The van der Waals surface area contributed by atoms with E-state index in [-0.39, 0.29) is 25.0 Å². The Morgan fingerprint density at radius 2 is 1.88 bits per heavy atom. The molecule has 0 radical (unpaired) electrons. The first-order valence-electron chi connectivity index (χ1n) is 8.83. The summed E-state index contributed by atoms with van der Waals surface area (Å²) in [5.74, 6) is -1.14. The fourth-order valence-electron chi connectivity index (χ4n) is 3.31. The van der Waals surface area contributed by atoms with Crippen LogP contribution in [0.4, 0.5) is 0 Å². The number of hydrogen-bond acceptors (Lipinski definition) is 4. The Kier molecular flexibility index (Phi) is 6.07. The Morgan fingerprint density at radius 1 is 1.15 bits per heavy atom. The molecule has 6 heteroatoms. The van der Waals surface area contributed by atoms with Crippen molar-refractivity contribution in [2.24, 2.45) is 11.8 Å². The monoisotopic (exact) mass is 357 g/mol. The van der Waals surface area contributed by atoms with Crippen molar-refractivity contribution in [2.45, 2.75) is 12.8 Å². The van der Waals surface area contributed by atoms with Crippen molar-refractivity contribution in [2.75, 3.05) is 26.4 Å². The van der Waals surface area contributed by atoms with E-state index in [0.29, 0.717) is 31.8 Å². The van der Waals surface area contributed by atoms with Crippen LogP contribution in [0.15, 0.2) is 42.5 Å². The summed E-state index contributed by atoms with van der Waals surface area (Å²) >= 11 is 0. The number of carbonyl (C=O) groups is 2. The minimum atomic E-state index is -0.882. The van der Waals surface area contributed by atoms with Gasteiger partial charge in [-0.05, 0) is 30.2 Å². The van der Waals surface area contributed by atoms with Gasteiger partial charge >= 0.3 is 5.97 Å². The van der Waals surface area contributed by atoms with Gasteiger partial charge in [0.2, 0.25) is 0 Å². The lowest BCUT2D eigenvalue weighted by molar-refractivity contribution is -0.145. The molecule has 1 aliphatic rings. The van der Waals surface area contributed by atoms with Gasteiger partial charge in [-0.15, -0.1) is 0 Å². The first kappa shape index (κ1) is 18.2. The second-order valence-electron chi connectivity index (χ2n) is 6.46. The average molecular weight is 357 g/mol. The minimum absolute atomic E-state index is 0.0283. The molecule has 1 heterocycles. The molecular formula is C20H23NO5. The maximum Gasteiger partial charge on any atom is 0.308 e. The minimum Gasteiger partial charge on any atom is -0.483 e. The van der Waals surface area contributed by atoms with Crippen LogP contribution in [0.1, 0.15) is 12.8 Å². The molecule has 1 aliphatic heterocycles. The number of carboxylic acid groups (broad SMARTS) is 1. The van der Waals surface area contributed by atoms with Gasteiger partial charge < -0.3 is 19.9 Å². The molecule has 1 fully saturated rings. The van der Waals surface area contributed by atoms with Crippen molar-refractivity contribution >= 4 is 22.6 Å². The highest BCUT2D eigenvalue weighted by atomic mass is 16.5. The summed E-state index contributed by atoms with van der Waals surface area (Å²) in [6, 6.07) is 13.5. The summed E-state index contributed by atoms with van der Waals surface area (Å²) < 4.78 is 10.9. The van der Waals surface area contributed by atoms with Crippen molar-refractivity contribution < 1.29 is 24.2 Å². The van der Waals surface area contributed by atoms with Gasteiger partial charge in [-0.25, -0.2) is 0 Å². The Hall–Kier alpha value is -2.60. The van der Waals surface area contributed by atoms with Crippen LogP contribution in [0.2, 0.25) is 0 Å². The molecule has 26 heavy (non-hydrogen) atoms. The number of ether oxygens (including phenoxy) is 2. The molecule has 3 rings (SSSR count). The number of fused-ring (bicyclic) bond motifs is 1. The molecule has 1 amide bonds. The van der Waals surface area contributed by atoms with Crippen LogP contribution in [0.3, 0.4) is 0 Å². The predicted molar refractivity (Wildman–Crippen MR) is 97.1 cm³/mol. The lowest BCUT2D eigenvalue weighted by Gasteiger charge is -2.27. The van der Waals surface area contributed by atoms with Crippen molar-refractivity contribution in [1.82, 2.24) is 5.32 Å². The molecule has 1 unspecified atom stereocenters. The van der Waals surface area contributed by atoms with Gasteiger partial charge in [-0.2, -0.15) is 0 Å². The second kappa shape index (κ2) is 8.67. The maximum absolute atomic E-state index is 12.1. The highest BCUT2D eigenvalue weighted by molar-refractivity contribution is 5.88. The molecule has 1 saturated heterocycles. The predicted octanol–water partition coefficient (Wildman–Crippen LogP) is 2.46. The van der Waals surface area contributed by atoms with Crippen LogP contribution in [-0.4, -0.2) is 43.3 Å². The maximum atomic E-state index is 12.1. The van der Waals surface area contributed by atoms with Gasteiger partial charge in [0.05, 0.1) is 5.92 Å².